The van der Waals surface area contributed by atoms with Gasteiger partial charge in [0.05, 0.1) is 11.6 Å². The number of hydrogen-bond acceptors (Lipinski definition) is 4. The Morgan fingerprint density at radius 1 is 1.03 bits per heavy atom. The van der Waals surface area contributed by atoms with E-state index in [2.05, 4.69) is 37.5 Å². The van der Waals surface area contributed by atoms with Crippen LogP contribution in [0.1, 0.15) is 18.4 Å². The summed E-state index contributed by atoms with van der Waals surface area (Å²) in [6.45, 7) is 2.22. The van der Waals surface area contributed by atoms with Gasteiger partial charge in [-0.1, -0.05) is 48.5 Å². The number of nitrogens with one attached hydrogen (secondary N) is 2. The molecule has 0 unspecified atom stereocenters. The van der Waals surface area contributed by atoms with Crippen LogP contribution in [0.15, 0.2) is 72.9 Å². The number of carbonyl (C=O) groups is 1. The third-order valence-electron chi connectivity index (χ3n) is 6.20. The van der Waals surface area contributed by atoms with Crippen LogP contribution in [0.4, 0.5) is 5.82 Å². The number of nitrogens with zero attached hydrogens (tertiary/aromatic N) is 3. The lowest BCUT2D eigenvalue weighted by Gasteiger charge is -2.32. The van der Waals surface area contributed by atoms with E-state index in [-0.39, 0.29) is 11.8 Å². The molecule has 0 spiro atoms. The molecule has 1 fully saturated rings. The van der Waals surface area contributed by atoms with Gasteiger partial charge in [-0.05, 0) is 43.0 Å². The van der Waals surface area contributed by atoms with Gasteiger partial charge < -0.3 is 15.2 Å². The average molecular weight is 426 g/mol. The minimum absolute atomic E-state index is 0.0256. The number of aromatic amines is 1. The molecule has 5 rings (SSSR count). The molecule has 4 aromatic rings. The van der Waals surface area contributed by atoms with Crippen molar-refractivity contribution in [1.29, 1.82) is 0 Å². The Kier molecular flexibility index (Phi) is 5.83. The Hall–Kier alpha value is -3.67. The van der Waals surface area contributed by atoms with Crippen LogP contribution < -0.4 is 10.2 Å². The molecular weight excluding hydrogens is 398 g/mol. The first-order valence-electron chi connectivity index (χ1n) is 11.2. The van der Waals surface area contributed by atoms with Crippen molar-refractivity contribution in [2.75, 3.05) is 24.5 Å². The Morgan fingerprint density at radius 3 is 2.72 bits per heavy atom. The molecule has 162 valence electrons. The number of anilines is 1. The van der Waals surface area contributed by atoms with E-state index in [4.69, 9.17) is 0 Å². The van der Waals surface area contributed by atoms with Crippen LogP contribution in [0, 0.1) is 5.92 Å². The number of piperidine rings is 1. The van der Waals surface area contributed by atoms with Crippen molar-refractivity contribution < 1.29 is 4.79 Å². The van der Waals surface area contributed by atoms with Crippen molar-refractivity contribution in [3.63, 3.8) is 0 Å². The quantitative estimate of drug-likeness (QED) is 0.486. The van der Waals surface area contributed by atoms with E-state index in [1.807, 2.05) is 60.8 Å². The fraction of sp³-hybridized carbons (Fsp3) is 0.269. The molecule has 1 aliphatic heterocycles. The van der Waals surface area contributed by atoms with Gasteiger partial charge in [-0.3, -0.25) is 4.79 Å². The lowest BCUT2D eigenvalue weighted by molar-refractivity contribution is -0.125. The summed E-state index contributed by atoms with van der Waals surface area (Å²) in [4.78, 5) is 18.3. The highest BCUT2D eigenvalue weighted by Gasteiger charge is 2.26. The molecule has 32 heavy (non-hydrogen) atoms. The maximum absolute atomic E-state index is 12.8. The first-order valence-corrected chi connectivity index (χ1v) is 11.2. The second kappa shape index (κ2) is 9.22. The molecule has 1 atom stereocenters. The zero-order chi connectivity index (χ0) is 21.8. The van der Waals surface area contributed by atoms with Gasteiger partial charge in [-0.15, -0.1) is 10.2 Å². The summed E-state index contributed by atoms with van der Waals surface area (Å²) in [5, 5.41) is 13.2. The molecule has 0 bridgehead atoms. The molecule has 6 nitrogen and oxygen atoms in total. The summed E-state index contributed by atoms with van der Waals surface area (Å²) in [6, 6.07) is 22.3. The first kappa shape index (κ1) is 20.2. The van der Waals surface area contributed by atoms with Gasteiger partial charge in [0.15, 0.2) is 5.82 Å². The summed E-state index contributed by atoms with van der Waals surface area (Å²) < 4.78 is 0. The Balaban J connectivity index is 1.17. The minimum Gasteiger partial charge on any atom is -0.361 e. The normalized spacial score (nSPS) is 16.2. The van der Waals surface area contributed by atoms with E-state index in [0.29, 0.717) is 13.1 Å². The van der Waals surface area contributed by atoms with Crippen molar-refractivity contribution in [2.24, 2.45) is 5.92 Å². The first-order chi connectivity index (χ1) is 15.8. The Labute approximate surface area is 187 Å². The van der Waals surface area contributed by atoms with Crippen molar-refractivity contribution in [3.8, 4) is 11.3 Å². The van der Waals surface area contributed by atoms with Crippen molar-refractivity contribution >= 4 is 22.6 Å². The lowest BCUT2D eigenvalue weighted by atomic mass is 9.97. The van der Waals surface area contributed by atoms with Crippen LogP contribution in [0.2, 0.25) is 0 Å². The molecule has 1 amide bonds. The SMILES string of the molecule is O=C(NCCc1c[nH]c2ccccc12)[C@@H]1CCCN(c2ccc(-c3ccccc3)nn2)C1. The van der Waals surface area contributed by atoms with E-state index in [0.717, 1.165) is 48.4 Å². The molecule has 2 aromatic carbocycles. The molecular formula is C26H27N5O. The fourth-order valence-corrected chi connectivity index (χ4v) is 4.46. The lowest BCUT2D eigenvalue weighted by Crippen LogP contribution is -2.43. The van der Waals surface area contributed by atoms with Crippen LogP contribution in [0.25, 0.3) is 22.2 Å². The van der Waals surface area contributed by atoms with Crippen molar-refractivity contribution in [2.45, 2.75) is 19.3 Å². The number of hydrogen-bond donors (Lipinski definition) is 2. The van der Waals surface area contributed by atoms with Crippen LogP contribution in [-0.2, 0) is 11.2 Å². The third kappa shape index (κ3) is 4.35. The van der Waals surface area contributed by atoms with Crippen LogP contribution >= 0.6 is 0 Å². The number of fused-ring (bicyclic) bond motifs is 1. The molecule has 0 aliphatic carbocycles. The molecule has 1 saturated heterocycles. The molecule has 3 heterocycles. The highest BCUT2D eigenvalue weighted by atomic mass is 16.1. The number of rotatable bonds is 6. The number of carbonyl (C=O) groups excluding carboxylic acids is 1. The largest absolute Gasteiger partial charge is 0.361 e. The highest BCUT2D eigenvalue weighted by Crippen LogP contribution is 2.23. The molecule has 0 saturated carbocycles. The summed E-state index contributed by atoms with van der Waals surface area (Å²) in [6.07, 6.45) is 4.74. The predicted octanol–water partition coefficient (Wildman–Crippen LogP) is 4.20. The highest BCUT2D eigenvalue weighted by molar-refractivity contribution is 5.83. The van der Waals surface area contributed by atoms with Gasteiger partial charge in [-0.25, -0.2) is 0 Å². The Bertz CT molecular complexity index is 1190. The van der Waals surface area contributed by atoms with Crippen LogP contribution in [0.3, 0.4) is 0 Å². The van der Waals surface area contributed by atoms with Crippen LogP contribution in [0.5, 0.6) is 0 Å². The molecule has 2 N–H and O–H groups in total. The average Bonchev–Trinajstić information content (AvgIpc) is 3.28. The second-order valence-corrected chi connectivity index (χ2v) is 8.33. The third-order valence-corrected chi connectivity index (χ3v) is 6.20. The minimum atomic E-state index is -0.0256. The molecule has 0 radical (unpaired) electrons. The molecule has 6 heteroatoms. The van der Waals surface area contributed by atoms with Gasteiger partial charge >= 0.3 is 0 Å². The number of benzene rings is 2. The zero-order valence-electron chi connectivity index (χ0n) is 18.0. The van der Waals surface area contributed by atoms with E-state index in [1.54, 1.807) is 0 Å². The number of aromatic nitrogens is 3. The van der Waals surface area contributed by atoms with E-state index in [1.165, 1.54) is 10.9 Å². The fourth-order valence-electron chi connectivity index (χ4n) is 4.46. The monoisotopic (exact) mass is 425 g/mol. The van der Waals surface area contributed by atoms with E-state index < -0.39 is 0 Å². The van der Waals surface area contributed by atoms with Crippen molar-refractivity contribution in [1.82, 2.24) is 20.5 Å². The maximum atomic E-state index is 12.8. The van der Waals surface area contributed by atoms with E-state index in [9.17, 15) is 4.79 Å². The summed E-state index contributed by atoms with van der Waals surface area (Å²) in [5.74, 6) is 0.937. The van der Waals surface area contributed by atoms with Gasteiger partial charge in [0.2, 0.25) is 5.91 Å². The zero-order valence-corrected chi connectivity index (χ0v) is 18.0. The second-order valence-electron chi connectivity index (χ2n) is 8.33. The smallest absolute Gasteiger partial charge is 0.224 e. The topological polar surface area (TPSA) is 73.9 Å². The predicted molar refractivity (Wildman–Crippen MR) is 127 cm³/mol. The standard InChI is InChI=1S/C26H27N5O/c32-26(27-15-14-20-17-28-24-11-5-4-10-22(20)24)21-9-6-16-31(18-21)25-13-12-23(29-30-25)19-7-2-1-3-8-19/h1-5,7-8,10-13,17,21,28H,6,9,14-16,18H2,(H,27,32)/t21-/m1/s1. The molecule has 1 aliphatic rings. The molecule has 2 aromatic heterocycles. The number of para-hydroxylation sites is 1. The number of amides is 1. The van der Waals surface area contributed by atoms with Gasteiger partial charge in [0.1, 0.15) is 0 Å². The van der Waals surface area contributed by atoms with Gasteiger partial charge in [0, 0.05) is 42.3 Å². The number of H-pyrrole nitrogens is 1. The Morgan fingerprint density at radius 2 is 1.88 bits per heavy atom. The summed E-state index contributed by atoms with van der Waals surface area (Å²) >= 11 is 0. The summed E-state index contributed by atoms with van der Waals surface area (Å²) in [7, 11) is 0. The van der Waals surface area contributed by atoms with Crippen molar-refractivity contribution in [3.05, 3.63) is 78.5 Å². The van der Waals surface area contributed by atoms with Gasteiger partial charge in [-0.2, -0.15) is 0 Å². The maximum Gasteiger partial charge on any atom is 0.224 e. The van der Waals surface area contributed by atoms with Crippen LogP contribution in [-0.4, -0.2) is 40.7 Å². The summed E-state index contributed by atoms with van der Waals surface area (Å²) in [5.41, 5.74) is 4.28. The van der Waals surface area contributed by atoms with Gasteiger partial charge in [0.25, 0.3) is 0 Å². The van der Waals surface area contributed by atoms with E-state index >= 15 is 0 Å².